The molecule has 0 spiro atoms. The Kier molecular flexibility index (Phi) is 7.28. The van der Waals surface area contributed by atoms with E-state index in [1.165, 1.54) is 43.3 Å². The molecule has 9 heteroatoms. The van der Waals surface area contributed by atoms with Crippen LogP contribution in [0.1, 0.15) is 24.2 Å². The van der Waals surface area contributed by atoms with Gasteiger partial charge in [0.15, 0.2) is 0 Å². The van der Waals surface area contributed by atoms with Gasteiger partial charge in [0.25, 0.3) is 0 Å². The molecule has 2 aromatic carbocycles. The number of amides is 1. The Hall–Kier alpha value is -2.74. The predicted molar refractivity (Wildman–Crippen MR) is 95.9 cm³/mol. The normalized spacial score (nSPS) is 12.2. The smallest absolute Gasteiger partial charge is 0.416 e. The summed E-state index contributed by atoms with van der Waals surface area (Å²) in [6.07, 6.45) is -5.85. The highest BCUT2D eigenvalue weighted by Gasteiger charge is 2.31. The molecule has 0 saturated carbocycles. The van der Waals surface area contributed by atoms with E-state index in [1.807, 2.05) is 0 Å². The lowest BCUT2D eigenvalue weighted by atomic mass is 10.1. The average Bonchev–Trinajstić information content (AvgIpc) is 2.63. The number of hydrogen-bond donors (Lipinski definition) is 1. The van der Waals surface area contributed by atoms with Crippen LogP contribution in [0, 0.1) is 0 Å². The maximum Gasteiger partial charge on any atom is 0.416 e. The third-order valence-electron chi connectivity index (χ3n) is 3.52. The second-order valence-corrected chi connectivity index (χ2v) is 6.16. The van der Waals surface area contributed by atoms with Crippen molar-refractivity contribution in [2.75, 3.05) is 13.2 Å². The molecule has 28 heavy (non-hydrogen) atoms. The van der Waals surface area contributed by atoms with Crippen molar-refractivity contribution in [3.63, 3.8) is 0 Å². The number of nitrogens with one attached hydrogen (secondary N) is 1. The van der Waals surface area contributed by atoms with E-state index in [2.05, 4.69) is 5.32 Å². The molecule has 0 saturated heterocycles. The molecule has 0 fully saturated rings. The Morgan fingerprint density at radius 2 is 1.82 bits per heavy atom. The highest BCUT2D eigenvalue weighted by Crippen LogP contribution is 2.33. The largest absolute Gasteiger partial charge is 0.474 e. The van der Waals surface area contributed by atoms with Crippen molar-refractivity contribution < 1.29 is 32.2 Å². The van der Waals surface area contributed by atoms with Gasteiger partial charge in [-0.25, -0.2) is 4.79 Å². The first-order valence-corrected chi connectivity index (χ1v) is 8.55. The van der Waals surface area contributed by atoms with Crippen LogP contribution in [0.15, 0.2) is 48.5 Å². The summed E-state index contributed by atoms with van der Waals surface area (Å²) in [6.45, 7) is 1.29. The van der Waals surface area contributed by atoms with Gasteiger partial charge in [0.1, 0.15) is 12.4 Å². The Morgan fingerprint density at radius 3 is 2.43 bits per heavy atom. The van der Waals surface area contributed by atoms with Crippen LogP contribution >= 0.6 is 11.6 Å². The summed E-state index contributed by atoms with van der Waals surface area (Å²) < 4.78 is 49.3. The lowest BCUT2D eigenvalue weighted by Crippen LogP contribution is -2.28. The Morgan fingerprint density at radius 1 is 1.14 bits per heavy atom. The van der Waals surface area contributed by atoms with Gasteiger partial charge in [-0.1, -0.05) is 29.8 Å². The standard InChI is InChI=1S/C19H17ClF3NO4/c1-12(25)24-9-10-27-18(26)17(13-5-7-15(20)8-6-13)28-16-4-2-3-14(11-16)19(21,22)23/h2-8,11,17H,9-10H2,1H3,(H,24,25)/t17-/m0/s1. The fourth-order valence-corrected chi connectivity index (χ4v) is 2.35. The summed E-state index contributed by atoms with van der Waals surface area (Å²) in [7, 11) is 0. The number of rotatable bonds is 7. The summed E-state index contributed by atoms with van der Waals surface area (Å²) >= 11 is 5.84. The van der Waals surface area contributed by atoms with Gasteiger partial charge in [0, 0.05) is 17.5 Å². The molecule has 0 aliphatic heterocycles. The molecule has 5 nitrogen and oxygen atoms in total. The number of carbonyl (C=O) groups is 2. The first-order valence-electron chi connectivity index (χ1n) is 8.17. The monoisotopic (exact) mass is 415 g/mol. The van der Waals surface area contributed by atoms with E-state index < -0.39 is 23.8 Å². The van der Waals surface area contributed by atoms with Crippen LogP contribution in [-0.2, 0) is 20.5 Å². The number of benzene rings is 2. The number of esters is 1. The minimum absolute atomic E-state index is 0.0952. The number of ether oxygens (including phenoxy) is 2. The molecule has 1 amide bonds. The zero-order chi connectivity index (χ0) is 20.7. The van der Waals surface area contributed by atoms with Crippen molar-refractivity contribution >= 4 is 23.5 Å². The lowest BCUT2D eigenvalue weighted by molar-refractivity contribution is -0.152. The third kappa shape index (κ3) is 6.45. The van der Waals surface area contributed by atoms with Gasteiger partial charge in [0.05, 0.1) is 12.1 Å². The molecule has 150 valence electrons. The van der Waals surface area contributed by atoms with Gasteiger partial charge in [-0.2, -0.15) is 13.2 Å². The number of hydrogen-bond acceptors (Lipinski definition) is 4. The van der Waals surface area contributed by atoms with Crippen molar-refractivity contribution in [1.29, 1.82) is 0 Å². The molecular weight excluding hydrogens is 399 g/mol. The Labute approximate surface area is 164 Å². The van der Waals surface area contributed by atoms with E-state index in [-0.39, 0.29) is 24.8 Å². The molecule has 2 rings (SSSR count). The van der Waals surface area contributed by atoms with Crippen LogP contribution in [0.3, 0.4) is 0 Å². The van der Waals surface area contributed by atoms with Gasteiger partial charge in [0.2, 0.25) is 12.0 Å². The summed E-state index contributed by atoms with van der Waals surface area (Å²) in [6, 6.07) is 10.2. The van der Waals surface area contributed by atoms with E-state index in [9.17, 15) is 22.8 Å². The van der Waals surface area contributed by atoms with E-state index in [0.29, 0.717) is 10.6 Å². The summed E-state index contributed by atoms with van der Waals surface area (Å²) in [5, 5.41) is 2.88. The Bertz CT molecular complexity index is 825. The molecule has 1 atom stereocenters. The molecule has 0 aliphatic carbocycles. The van der Waals surface area contributed by atoms with Crippen LogP contribution in [0.4, 0.5) is 13.2 Å². The summed E-state index contributed by atoms with van der Waals surface area (Å²) in [5.41, 5.74) is -0.551. The van der Waals surface area contributed by atoms with Crippen LogP contribution in [0.5, 0.6) is 5.75 Å². The number of carbonyl (C=O) groups excluding carboxylic acids is 2. The van der Waals surface area contributed by atoms with E-state index in [1.54, 1.807) is 0 Å². The lowest BCUT2D eigenvalue weighted by Gasteiger charge is -2.19. The third-order valence-corrected chi connectivity index (χ3v) is 3.77. The van der Waals surface area contributed by atoms with E-state index >= 15 is 0 Å². The molecule has 2 aromatic rings. The fraction of sp³-hybridized carbons (Fsp3) is 0.263. The minimum Gasteiger partial charge on any atom is -0.474 e. The van der Waals surface area contributed by atoms with Crippen LogP contribution in [-0.4, -0.2) is 25.0 Å². The van der Waals surface area contributed by atoms with Crippen LogP contribution in [0.2, 0.25) is 5.02 Å². The summed E-state index contributed by atoms with van der Waals surface area (Å²) in [5.74, 6) is -1.25. The highest BCUT2D eigenvalue weighted by molar-refractivity contribution is 6.30. The van der Waals surface area contributed by atoms with Crippen molar-refractivity contribution in [3.05, 3.63) is 64.7 Å². The van der Waals surface area contributed by atoms with Crippen molar-refractivity contribution in [3.8, 4) is 5.75 Å². The molecule has 0 heterocycles. The quantitative estimate of drug-likeness (QED) is 0.545. The topological polar surface area (TPSA) is 64.6 Å². The first kappa shape index (κ1) is 21.6. The average molecular weight is 416 g/mol. The highest BCUT2D eigenvalue weighted by atomic mass is 35.5. The maximum absolute atomic E-state index is 12.9. The van der Waals surface area contributed by atoms with Crippen molar-refractivity contribution in [2.45, 2.75) is 19.2 Å². The molecule has 0 aromatic heterocycles. The Balaban J connectivity index is 2.20. The molecular formula is C19H17ClF3NO4. The molecule has 0 aliphatic rings. The summed E-state index contributed by atoms with van der Waals surface area (Å²) in [4.78, 5) is 23.3. The van der Waals surface area contributed by atoms with E-state index in [0.717, 1.165) is 12.1 Å². The number of halogens is 4. The molecule has 0 radical (unpaired) electrons. The van der Waals surface area contributed by atoms with Gasteiger partial charge in [-0.15, -0.1) is 0 Å². The fourth-order valence-electron chi connectivity index (χ4n) is 2.23. The van der Waals surface area contributed by atoms with Crippen molar-refractivity contribution in [2.24, 2.45) is 0 Å². The number of alkyl halides is 3. The maximum atomic E-state index is 12.9. The van der Waals surface area contributed by atoms with Gasteiger partial charge in [-0.05, 0) is 30.3 Å². The second-order valence-electron chi connectivity index (χ2n) is 5.73. The first-order chi connectivity index (χ1) is 13.2. The van der Waals surface area contributed by atoms with Crippen molar-refractivity contribution in [1.82, 2.24) is 5.32 Å². The van der Waals surface area contributed by atoms with Gasteiger partial charge >= 0.3 is 12.1 Å². The second kappa shape index (κ2) is 9.45. The predicted octanol–water partition coefficient (Wildman–Crippen LogP) is 4.16. The van der Waals surface area contributed by atoms with Crippen LogP contribution < -0.4 is 10.1 Å². The molecule has 0 unspecified atom stereocenters. The molecule has 0 bridgehead atoms. The van der Waals surface area contributed by atoms with Gasteiger partial charge in [-0.3, -0.25) is 4.79 Å². The zero-order valence-electron chi connectivity index (χ0n) is 14.8. The van der Waals surface area contributed by atoms with E-state index in [4.69, 9.17) is 21.1 Å². The van der Waals surface area contributed by atoms with Gasteiger partial charge < -0.3 is 14.8 Å². The SMILES string of the molecule is CC(=O)NCCOC(=O)[C@@H](Oc1cccc(C(F)(F)F)c1)c1ccc(Cl)cc1. The van der Waals surface area contributed by atoms with Crippen LogP contribution in [0.25, 0.3) is 0 Å². The molecule has 1 N–H and O–H groups in total. The zero-order valence-corrected chi connectivity index (χ0v) is 15.5. The minimum atomic E-state index is -4.55.